The van der Waals surface area contributed by atoms with E-state index in [2.05, 4.69) is 0 Å². The van der Waals surface area contributed by atoms with Crippen LogP contribution < -0.4 is 0 Å². The van der Waals surface area contributed by atoms with Gasteiger partial charge in [-0.1, -0.05) is 54.3 Å². The highest BCUT2D eigenvalue weighted by atomic mass is 32.2. The summed E-state index contributed by atoms with van der Waals surface area (Å²) in [5, 5.41) is 0. The zero-order valence-corrected chi connectivity index (χ0v) is 16.1. The maximum absolute atomic E-state index is 12.7. The molecule has 134 valence electrons. The van der Waals surface area contributed by atoms with E-state index >= 15 is 0 Å². The minimum Gasteiger partial charge on any atom is -0.457 e. The molecule has 0 radical (unpaired) electrons. The summed E-state index contributed by atoms with van der Waals surface area (Å²) in [6.45, 7) is 0. The van der Waals surface area contributed by atoms with Gasteiger partial charge in [0.15, 0.2) is 9.84 Å². The summed E-state index contributed by atoms with van der Waals surface area (Å²) in [6, 6.07) is 13.0. The molecule has 2 fully saturated rings. The van der Waals surface area contributed by atoms with Crippen molar-refractivity contribution in [2.45, 2.75) is 12.5 Å². The average Bonchev–Trinajstić information content (AvgIpc) is 3.28. The molecule has 0 aliphatic carbocycles. The Bertz CT molecular complexity index is 1010. The molecule has 1 amide bonds. The highest BCUT2D eigenvalue weighted by Crippen LogP contribution is 2.36. The smallest absolute Gasteiger partial charge is 0.266 e. The quantitative estimate of drug-likeness (QED) is 0.576. The molecule has 2 saturated heterocycles. The maximum Gasteiger partial charge on any atom is 0.266 e. The van der Waals surface area contributed by atoms with Crippen LogP contribution in [0, 0.1) is 0 Å². The first-order valence-corrected chi connectivity index (χ1v) is 11.1. The Morgan fingerprint density at radius 1 is 1.19 bits per heavy atom. The summed E-state index contributed by atoms with van der Waals surface area (Å²) in [4.78, 5) is 14.6. The number of thiocarbonyl (C=S) groups is 1. The van der Waals surface area contributed by atoms with Crippen LogP contribution >= 0.6 is 24.0 Å². The Labute approximate surface area is 161 Å². The number of rotatable bonds is 3. The van der Waals surface area contributed by atoms with Gasteiger partial charge in [0.2, 0.25) is 0 Å². The van der Waals surface area contributed by atoms with Crippen molar-refractivity contribution in [3.63, 3.8) is 0 Å². The van der Waals surface area contributed by atoms with Crippen LogP contribution in [0.3, 0.4) is 0 Å². The lowest BCUT2D eigenvalue weighted by Gasteiger charge is -2.20. The first-order chi connectivity index (χ1) is 12.4. The number of hydrogen-bond acceptors (Lipinski definition) is 6. The minimum atomic E-state index is -3.08. The van der Waals surface area contributed by atoms with Crippen molar-refractivity contribution in [1.82, 2.24) is 4.90 Å². The fourth-order valence-corrected chi connectivity index (χ4v) is 6.17. The van der Waals surface area contributed by atoms with Gasteiger partial charge in [0.05, 0.1) is 22.5 Å². The van der Waals surface area contributed by atoms with Crippen molar-refractivity contribution in [3.05, 3.63) is 53.1 Å². The topological polar surface area (TPSA) is 67.6 Å². The van der Waals surface area contributed by atoms with E-state index in [0.717, 1.165) is 5.56 Å². The zero-order chi connectivity index (χ0) is 18.3. The predicted octanol–water partition coefficient (Wildman–Crippen LogP) is 3.33. The number of thioether (sulfide) groups is 1. The second-order valence-corrected chi connectivity index (χ2v) is 10.1. The van der Waals surface area contributed by atoms with Gasteiger partial charge in [0.1, 0.15) is 15.8 Å². The second-order valence-electron chi connectivity index (χ2n) is 6.18. The molecule has 1 aromatic heterocycles. The summed E-state index contributed by atoms with van der Waals surface area (Å²) in [6.07, 6.45) is 2.09. The fraction of sp³-hybridized carbons (Fsp3) is 0.222. The third-order valence-electron chi connectivity index (χ3n) is 4.36. The number of amides is 1. The van der Waals surface area contributed by atoms with Gasteiger partial charge in [0, 0.05) is 11.6 Å². The second kappa shape index (κ2) is 6.68. The van der Waals surface area contributed by atoms with Gasteiger partial charge in [0.25, 0.3) is 5.91 Å². The number of carbonyl (C=O) groups is 1. The van der Waals surface area contributed by atoms with E-state index in [-0.39, 0.29) is 23.5 Å². The molecule has 5 nitrogen and oxygen atoms in total. The van der Waals surface area contributed by atoms with E-state index in [0.29, 0.717) is 27.2 Å². The van der Waals surface area contributed by atoms with Crippen LogP contribution in [0.4, 0.5) is 0 Å². The number of nitrogens with zero attached hydrogens (tertiary/aromatic N) is 1. The molecule has 0 saturated carbocycles. The number of sulfone groups is 1. The van der Waals surface area contributed by atoms with E-state index in [9.17, 15) is 13.2 Å². The lowest BCUT2D eigenvalue weighted by Crippen LogP contribution is -2.39. The van der Waals surface area contributed by atoms with Crippen LogP contribution in [-0.2, 0) is 14.6 Å². The molecule has 4 rings (SSSR count). The molecular formula is C18H15NO4S3. The van der Waals surface area contributed by atoms with Gasteiger partial charge < -0.3 is 4.42 Å². The Balaban J connectivity index is 1.56. The molecule has 0 unspecified atom stereocenters. The molecule has 0 bridgehead atoms. The van der Waals surface area contributed by atoms with Crippen LogP contribution in [0.25, 0.3) is 17.4 Å². The van der Waals surface area contributed by atoms with Crippen LogP contribution in [0.1, 0.15) is 12.2 Å². The Morgan fingerprint density at radius 2 is 1.96 bits per heavy atom. The number of furan rings is 1. The predicted molar refractivity (Wildman–Crippen MR) is 106 cm³/mol. The van der Waals surface area contributed by atoms with Crippen molar-refractivity contribution < 1.29 is 17.6 Å². The van der Waals surface area contributed by atoms with Crippen molar-refractivity contribution >= 4 is 50.1 Å². The van der Waals surface area contributed by atoms with Gasteiger partial charge >= 0.3 is 0 Å². The van der Waals surface area contributed by atoms with Crippen molar-refractivity contribution in [3.8, 4) is 11.3 Å². The summed E-state index contributed by atoms with van der Waals surface area (Å²) in [7, 11) is -3.08. The van der Waals surface area contributed by atoms with Crippen molar-refractivity contribution in [2.75, 3.05) is 11.5 Å². The highest BCUT2D eigenvalue weighted by Gasteiger charge is 2.42. The van der Waals surface area contributed by atoms with Gasteiger partial charge in [-0.15, -0.1) is 0 Å². The van der Waals surface area contributed by atoms with E-state index in [1.807, 2.05) is 36.4 Å². The largest absolute Gasteiger partial charge is 0.457 e. The third-order valence-corrected chi connectivity index (χ3v) is 7.44. The first-order valence-electron chi connectivity index (χ1n) is 8.06. The lowest BCUT2D eigenvalue weighted by atomic mass is 10.2. The Morgan fingerprint density at radius 3 is 2.65 bits per heavy atom. The lowest BCUT2D eigenvalue weighted by molar-refractivity contribution is -0.123. The summed E-state index contributed by atoms with van der Waals surface area (Å²) in [5.74, 6) is 1.11. The van der Waals surface area contributed by atoms with E-state index in [1.54, 1.807) is 12.1 Å². The first kappa shape index (κ1) is 17.5. The summed E-state index contributed by atoms with van der Waals surface area (Å²) in [5.41, 5.74) is 0.955. The SMILES string of the molecule is O=C1/C(=C\c2ccc(-c3ccccc3)o2)SC(=S)N1[C@H]1CCS(=O)(=O)C1. The molecule has 0 N–H and O–H groups in total. The molecule has 2 aliphatic rings. The Hall–Kier alpha value is -1.90. The molecule has 2 aliphatic heterocycles. The number of hydrogen-bond donors (Lipinski definition) is 0. The normalized spacial score (nSPS) is 23.9. The van der Waals surface area contributed by atoms with Crippen LogP contribution in [-0.4, -0.2) is 41.1 Å². The number of benzene rings is 1. The third kappa shape index (κ3) is 3.36. The van der Waals surface area contributed by atoms with E-state index in [1.165, 1.54) is 16.7 Å². The highest BCUT2D eigenvalue weighted by molar-refractivity contribution is 8.26. The molecule has 3 heterocycles. The van der Waals surface area contributed by atoms with Crippen molar-refractivity contribution in [2.24, 2.45) is 0 Å². The molecule has 1 atom stereocenters. The molecule has 1 aromatic carbocycles. The van der Waals surface area contributed by atoms with E-state index in [4.69, 9.17) is 16.6 Å². The summed E-state index contributed by atoms with van der Waals surface area (Å²) < 4.78 is 29.6. The molecule has 2 aromatic rings. The molecule has 0 spiro atoms. The minimum absolute atomic E-state index is 0.0222. The van der Waals surface area contributed by atoms with Gasteiger partial charge in [-0.25, -0.2) is 8.42 Å². The summed E-state index contributed by atoms with van der Waals surface area (Å²) >= 11 is 6.49. The van der Waals surface area contributed by atoms with Gasteiger partial charge in [-0.05, 0) is 18.6 Å². The Kier molecular flexibility index (Phi) is 4.50. The van der Waals surface area contributed by atoms with Crippen LogP contribution in [0.2, 0.25) is 0 Å². The standard InChI is InChI=1S/C18H15NO4S3/c20-17-16(25-18(24)19(17)13-8-9-26(21,22)11-13)10-14-6-7-15(23-14)12-4-2-1-3-5-12/h1-7,10,13H,8-9,11H2/b16-10+/t13-/m0/s1. The maximum atomic E-state index is 12.7. The molecular weight excluding hydrogens is 390 g/mol. The van der Waals surface area contributed by atoms with Crippen molar-refractivity contribution in [1.29, 1.82) is 0 Å². The van der Waals surface area contributed by atoms with E-state index < -0.39 is 9.84 Å². The fourth-order valence-electron chi connectivity index (χ4n) is 3.09. The monoisotopic (exact) mass is 405 g/mol. The number of carbonyl (C=O) groups excluding carboxylic acids is 1. The van der Waals surface area contributed by atoms with Crippen LogP contribution in [0.5, 0.6) is 0 Å². The van der Waals surface area contributed by atoms with Gasteiger partial charge in [-0.3, -0.25) is 9.69 Å². The molecule has 26 heavy (non-hydrogen) atoms. The molecule has 8 heteroatoms. The van der Waals surface area contributed by atoms with Crippen LogP contribution in [0.15, 0.2) is 51.8 Å². The average molecular weight is 406 g/mol. The van der Waals surface area contributed by atoms with Gasteiger partial charge in [-0.2, -0.15) is 0 Å². The zero-order valence-electron chi connectivity index (χ0n) is 13.6.